The summed E-state index contributed by atoms with van der Waals surface area (Å²) in [7, 11) is 25.9. The number of nitrogens with one attached hydrogen (secondary N) is 10. The van der Waals surface area contributed by atoms with Crippen LogP contribution in [0.25, 0.3) is 0 Å². The first-order chi connectivity index (χ1) is 56.7. The highest BCUT2D eigenvalue weighted by atomic mass is 32.1. The van der Waals surface area contributed by atoms with E-state index in [0.717, 1.165) is 0 Å². The molecule has 38 heteroatoms. The Morgan fingerprint density at radius 2 is 0.541 bits per heavy atom. The SMILES string of the molecule is C.CNC(=S)NCC(C)(C)OP1N(C)[C@@H]2CCCC[C@H]2N1C.CNC(=S)NCC(C)(C)OP1N(C)[C@H](C)[C@@H](C)N1C.CNc1c(NCC(C)(C)OP2N(C)[C@@H]3CCCC[C@H]3N2C)c(=O)c1=O.CNc1c(NCC(C)(C)OP2N(C)[C@H](C)[C@@H](C)N2C)c(=O)c1=O.CNc1c(NCC(C)(C)OP2N(C)[C@H](c3ccccc3)[C@@H](c3ccccc3)N2C)c(=O)c1=O. The van der Waals surface area contributed by atoms with Crippen molar-refractivity contribution in [3.63, 3.8) is 0 Å². The monoisotopic (exact) mass is 1830 g/mol. The van der Waals surface area contributed by atoms with Gasteiger partial charge in [-0.15, -0.1) is 0 Å². The zero-order chi connectivity index (χ0) is 90.0. The fraction of sp³-hybridized carbons (Fsp3) is 0.690. The third kappa shape index (κ3) is 24.9. The van der Waals surface area contributed by atoms with Gasteiger partial charge in [-0.25, -0.2) is 46.7 Å². The molecule has 5 saturated heterocycles. The Morgan fingerprint density at radius 3 is 0.762 bits per heavy atom. The Kier molecular flexibility index (Phi) is 38.2. The average Bonchev–Trinajstić information content (AvgIpc) is 1.59. The molecule has 7 fully saturated rings. The number of fused-ring (bicyclic) bond motifs is 2. The minimum atomic E-state index is -1.09. The van der Waals surface area contributed by atoms with E-state index in [9.17, 15) is 28.8 Å². The van der Waals surface area contributed by atoms with Crippen LogP contribution in [-0.2, 0) is 22.6 Å². The molecule has 0 amide bonds. The molecule has 5 aliphatic heterocycles. The molecule has 0 aromatic heterocycles. The molecule has 5 aromatic carbocycles. The predicted molar refractivity (Wildman–Crippen MR) is 521 cm³/mol. The second kappa shape index (κ2) is 44.6. The minimum absolute atomic E-state index is 0. The second-order valence-electron chi connectivity index (χ2n) is 35.7. The summed E-state index contributed by atoms with van der Waals surface area (Å²) in [4.78, 5) is 69.8. The van der Waals surface area contributed by atoms with Gasteiger partial charge in [-0.1, -0.05) is 93.8 Å². The van der Waals surface area contributed by atoms with Gasteiger partial charge in [0.05, 0.1) is 40.1 Å². The molecule has 10 N–H and O–H groups in total. The lowest BCUT2D eigenvalue weighted by molar-refractivity contribution is 0.113. The normalized spacial score (nSPS) is 24.5. The number of benzene rings is 2. The lowest BCUT2D eigenvalue weighted by atomic mass is 9.91. The summed E-state index contributed by atoms with van der Waals surface area (Å²) in [6, 6.07) is 25.7. The van der Waals surface area contributed by atoms with E-state index in [1.807, 2.05) is 67.8 Å². The van der Waals surface area contributed by atoms with Gasteiger partial charge in [-0.05, 0) is 229 Å². The molecular formula is C84H147N20O11P5S2. The number of hydrogen-bond acceptors (Lipinski definition) is 29. The molecule has 12 rings (SSSR count). The Bertz CT molecular complexity index is 4310. The number of thiocarbonyl (C=S) groups is 2. The van der Waals surface area contributed by atoms with Crippen molar-refractivity contribution < 1.29 is 22.6 Å². The van der Waals surface area contributed by atoms with Crippen LogP contribution in [0.2, 0.25) is 0 Å². The van der Waals surface area contributed by atoms with Crippen LogP contribution in [0.4, 0.5) is 34.1 Å². The summed E-state index contributed by atoms with van der Waals surface area (Å²) < 4.78 is 55.9. The van der Waals surface area contributed by atoms with Gasteiger partial charge in [0.2, 0.25) is 0 Å². The molecule has 0 bridgehead atoms. The van der Waals surface area contributed by atoms with E-state index < -0.39 is 91.6 Å². The van der Waals surface area contributed by atoms with E-state index in [1.54, 1.807) is 21.1 Å². The van der Waals surface area contributed by atoms with E-state index >= 15 is 0 Å². The van der Waals surface area contributed by atoms with Gasteiger partial charge in [0.1, 0.15) is 34.1 Å². The van der Waals surface area contributed by atoms with Crippen molar-refractivity contribution >= 4 is 111 Å². The first kappa shape index (κ1) is 104. The summed E-state index contributed by atoms with van der Waals surface area (Å²) in [5, 5.41) is 31.2. The lowest BCUT2D eigenvalue weighted by Crippen LogP contribution is -2.43. The van der Waals surface area contributed by atoms with Gasteiger partial charge in [0.15, 0.2) is 52.5 Å². The molecule has 0 unspecified atom stereocenters. The first-order valence-electron chi connectivity index (χ1n) is 42.2. The molecule has 7 aliphatic rings. The molecule has 5 aromatic rings. The van der Waals surface area contributed by atoms with E-state index in [1.165, 1.54) is 62.5 Å². The van der Waals surface area contributed by atoms with Crippen LogP contribution >= 0.6 is 66.7 Å². The number of hydrogen-bond donors (Lipinski definition) is 10. The Hall–Kier alpha value is -4.59. The fourth-order valence-corrected chi connectivity index (χ4v) is 27.4. The van der Waals surface area contributed by atoms with Crippen LogP contribution in [0.3, 0.4) is 0 Å². The van der Waals surface area contributed by atoms with Gasteiger partial charge in [-0.3, -0.25) is 28.8 Å². The van der Waals surface area contributed by atoms with Gasteiger partial charge >= 0.3 is 0 Å². The number of rotatable bonds is 28. The molecule has 10 atom stereocenters. The van der Waals surface area contributed by atoms with Crippen LogP contribution in [0.1, 0.15) is 179 Å². The molecule has 31 nitrogen and oxygen atoms in total. The number of anilines is 6. The van der Waals surface area contributed by atoms with Crippen LogP contribution in [0.5, 0.6) is 0 Å². The third-order valence-corrected chi connectivity index (χ3v) is 36.7. The molecule has 2 saturated carbocycles. The van der Waals surface area contributed by atoms with Crippen molar-refractivity contribution in [2.24, 2.45) is 0 Å². The fourth-order valence-electron chi connectivity index (χ4n) is 16.1. The Labute approximate surface area is 744 Å². The second-order valence-corrected chi connectivity index (χ2v) is 46.2. The highest BCUT2D eigenvalue weighted by Gasteiger charge is 2.52. The lowest BCUT2D eigenvalue weighted by Gasteiger charge is -2.35. The molecule has 0 radical (unpaired) electrons. The van der Waals surface area contributed by atoms with Gasteiger partial charge in [0.25, 0.3) is 32.6 Å². The summed E-state index contributed by atoms with van der Waals surface area (Å²) >= 11 is 10.2. The van der Waals surface area contributed by atoms with Gasteiger partial charge in [0, 0.05) is 116 Å². The molecule has 2 aliphatic carbocycles. The van der Waals surface area contributed by atoms with E-state index in [0.29, 0.717) is 125 Å². The maximum Gasteiger partial charge on any atom is 0.253 e. The Balaban J connectivity index is 0.000000212. The molecular weight excluding hydrogens is 1680 g/mol. The molecule has 122 heavy (non-hydrogen) atoms. The summed E-state index contributed by atoms with van der Waals surface area (Å²) in [6.45, 7) is 32.1. The largest absolute Gasteiger partial charge is 0.383 e. The first-order valence-corrected chi connectivity index (χ1v) is 48.8. The van der Waals surface area contributed by atoms with Crippen LogP contribution in [-0.4, -0.2) is 272 Å². The zero-order valence-electron chi connectivity index (χ0n) is 77.3. The van der Waals surface area contributed by atoms with Crippen LogP contribution in [0.15, 0.2) is 89.4 Å². The van der Waals surface area contributed by atoms with Crippen molar-refractivity contribution in [2.45, 2.75) is 244 Å². The molecule has 5 heterocycles. The highest BCUT2D eigenvalue weighted by Crippen LogP contribution is 2.65. The van der Waals surface area contributed by atoms with Crippen molar-refractivity contribution in [1.29, 1.82) is 0 Å². The summed E-state index contributed by atoms with van der Waals surface area (Å²) in [6.07, 6.45) is 10.4. The maximum absolute atomic E-state index is 11.9. The van der Waals surface area contributed by atoms with Crippen molar-refractivity contribution in [2.75, 3.05) is 170 Å². The molecule has 686 valence electrons. The van der Waals surface area contributed by atoms with Crippen molar-refractivity contribution in [3.05, 3.63) is 133 Å². The summed E-state index contributed by atoms with van der Waals surface area (Å²) in [5.74, 6) is 0. The van der Waals surface area contributed by atoms with Gasteiger partial charge in [-0.2, -0.15) is 0 Å². The maximum atomic E-state index is 11.9. The average molecular weight is 1830 g/mol. The topological polar surface area (TPSA) is 301 Å². The van der Waals surface area contributed by atoms with E-state index in [4.69, 9.17) is 47.1 Å². The minimum Gasteiger partial charge on any atom is -0.383 e. The Morgan fingerprint density at radius 1 is 0.336 bits per heavy atom. The van der Waals surface area contributed by atoms with Crippen molar-refractivity contribution in [3.8, 4) is 0 Å². The number of likely N-dealkylation sites (N-methyl/N-ethyl adjacent to an activating group) is 10. The predicted octanol–water partition coefficient (Wildman–Crippen LogP) is 12.2. The zero-order valence-corrected chi connectivity index (χ0v) is 83.4. The standard InChI is InChI=1S/C25H31N4O3P.C17H29N4O3P.C15H27N4O3P.C14H29N4OPS.C12H27N4OPS.CH4/c1-25(2,16-27-20-19(26-3)23(30)24(20)31)32-33-28(4)21(17-12-8-6-9-13-17)22(29(33)5)18-14-10-7-11-15-18;1-17(2,10-19-14-13(18-3)15(22)16(14)23)24-25-20(4)11-8-6-7-9-12(11)21(25)5;1-9-10(2)19(7)23(18(9)6)22-15(3,4)8-17-12-11(16-5)13(20)14(12)21;1-14(2,10-16-13(21)15-3)19-20-17(4)11-8-6-7-9-12(11)18(20)5;1-9-10(2)16(7)18(15(9)6)17-12(3,4)8-14-11(19)13-5;/h6-15,21-22,26-27H,16H2,1-5H3;11-12,18-19H,6-10H2,1-5H3;9-10,16-17H,8H2,1-7H3;11-12H,6-10H2,1-5H3,(H2,15,16,21);9-10H,8H2,1-7H3,(H2,13,14,19);1H4/t21-,22-;11-,12-;9-,10-;11-,12-;9-,10-;/m11111./s1. The third-order valence-electron chi connectivity index (χ3n) is 24.1. The summed E-state index contributed by atoms with van der Waals surface area (Å²) in [5.41, 5.74) is -0.183. The van der Waals surface area contributed by atoms with Crippen LogP contribution < -0.4 is 85.7 Å². The number of nitrogens with zero attached hydrogens (tertiary/aromatic N) is 10. The van der Waals surface area contributed by atoms with Crippen molar-refractivity contribution in [1.82, 2.24) is 68.0 Å². The van der Waals surface area contributed by atoms with Crippen LogP contribution in [0, 0.1) is 0 Å². The highest BCUT2D eigenvalue weighted by molar-refractivity contribution is 7.80. The van der Waals surface area contributed by atoms with Gasteiger partial charge < -0.3 is 75.8 Å². The van der Waals surface area contributed by atoms with E-state index in [-0.39, 0.29) is 30.7 Å². The van der Waals surface area contributed by atoms with E-state index in [2.05, 4.69) is 274 Å². The smallest absolute Gasteiger partial charge is 0.253 e. The quantitative estimate of drug-likeness (QED) is 0.0126. The molecule has 0 spiro atoms.